The van der Waals surface area contributed by atoms with Gasteiger partial charge in [0.2, 0.25) is 0 Å². The van der Waals surface area contributed by atoms with E-state index in [0.29, 0.717) is 10.7 Å². The molecule has 7 heteroatoms. The van der Waals surface area contributed by atoms with Gasteiger partial charge in [-0.2, -0.15) is 0 Å². The Morgan fingerprint density at radius 2 is 1.92 bits per heavy atom. The van der Waals surface area contributed by atoms with Crippen LogP contribution in [0.15, 0.2) is 36.4 Å². The molecule has 1 N–H and O–H groups in total. The standard InChI is InChI=1S/C18H17ClFNO4/c1-11-6-12(2)18(15(19)7-11)21-16(22)9-25-17(23)10-24-14-5-3-4-13(20)8-14/h3-8H,9-10H2,1-2H3,(H,21,22). The summed E-state index contributed by atoms with van der Waals surface area (Å²) in [6, 6.07) is 8.96. The Morgan fingerprint density at radius 3 is 2.60 bits per heavy atom. The van der Waals surface area contributed by atoms with Gasteiger partial charge in [-0.25, -0.2) is 9.18 Å². The molecule has 0 fully saturated rings. The van der Waals surface area contributed by atoms with E-state index in [-0.39, 0.29) is 5.75 Å². The third-order valence-electron chi connectivity index (χ3n) is 3.21. The Labute approximate surface area is 149 Å². The molecule has 0 heterocycles. The van der Waals surface area contributed by atoms with E-state index in [4.69, 9.17) is 21.1 Å². The van der Waals surface area contributed by atoms with Crippen LogP contribution in [0.5, 0.6) is 5.75 Å². The van der Waals surface area contributed by atoms with Crippen molar-refractivity contribution in [3.8, 4) is 5.75 Å². The molecular weight excluding hydrogens is 349 g/mol. The van der Waals surface area contributed by atoms with E-state index < -0.39 is 30.9 Å². The van der Waals surface area contributed by atoms with Gasteiger partial charge >= 0.3 is 5.97 Å². The minimum Gasteiger partial charge on any atom is -0.482 e. The number of hydrogen-bond donors (Lipinski definition) is 1. The van der Waals surface area contributed by atoms with Crippen molar-refractivity contribution in [1.82, 2.24) is 0 Å². The van der Waals surface area contributed by atoms with Gasteiger partial charge in [0, 0.05) is 6.07 Å². The average molecular weight is 366 g/mol. The fourth-order valence-corrected chi connectivity index (χ4v) is 2.50. The molecule has 0 atom stereocenters. The van der Waals surface area contributed by atoms with Crippen LogP contribution in [0.25, 0.3) is 0 Å². The maximum atomic E-state index is 13.0. The Hall–Kier alpha value is -2.60. The molecule has 0 saturated heterocycles. The van der Waals surface area contributed by atoms with Gasteiger partial charge in [-0.3, -0.25) is 4.79 Å². The quantitative estimate of drug-likeness (QED) is 0.793. The third kappa shape index (κ3) is 5.76. The summed E-state index contributed by atoms with van der Waals surface area (Å²) in [7, 11) is 0. The summed E-state index contributed by atoms with van der Waals surface area (Å²) in [5.74, 6) is -1.54. The molecule has 25 heavy (non-hydrogen) atoms. The summed E-state index contributed by atoms with van der Waals surface area (Å²) in [4.78, 5) is 23.5. The zero-order valence-electron chi connectivity index (χ0n) is 13.8. The Morgan fingerprint density at radius 1 is 1.16 bits per heavy atom. The van der Waals surface area contributed by atoms with Gasteiger partial charge in [0.05, 0.1) is 10.7 Å². The van der Waals surface area contributed by atoms with Gasteiger partial charge < -0.3 is 14.8 Å². The van der Waals surface area contributed by atoms with Crippen LogP contribution in [0, 0.1) is 19.7 Å². The molecule has 5 nitrogen and oxygen atoms in total. The predicted molar refractivity (Wildman–Crippen MR) is 92.4 cm³/mol. The van der Waals surface area contributed by atoms with Gasteiger partial charge in [0.15, 0.2) is 13.2 Å². The maximum absolute atomic E-state index is 13.0. The van der Waals surface area contributed by atoms with Crippen LogP contribution in [0.4, 0.5) is 10.1 Å². The molecule has 0 aliphatic rings. The lowest BCUT2D eigenvalue weighted by molar-refractivity contribution is -0.149. The van der Waals surface area contributed by atoms with Crippen molar-refractivity contribution in [1.29, 1.82) is 0 Å². The lowest BCUT2D eigenvalue weighted by Crippen LogP contribution is -2.24. The highest BCUT2D eigenvalue weighted by molar-refractivity contribution is 6.34. The van der Waals surface area contributed by atoms with Crippen molar-refractivity contribution in [2.45, 2.75) is 13.8 Å². The van der Waals surface area contributed by atoms with E-state index in [0.717, 1.165) is 17.2 Å². The highest BCUT2D eigenvalue weighted by Crippen LogP contribution is 2.27. The second kappa shape index (κ2) is 8.48. The largest absolute Gasteiger partial charge is 0.482 e. The predicted octanol–water partition coefficient (Wildman–Crippen LogP) is 3.66. The van der Waals surface area contributed by atoms with Gasteiger partial charge in [0.1, 0.15) is 11.6 Å². The van der Waals surface area contributed by atoms with Crippen LogP contribution >= 0.6 is 11.6 Å². The topological polar surface area (TPSA) is 64.6 Å². The van der Waals surface area contributed by atoms with E-state index in [9.17, 15) is 14.0 Å². The maximum Gasteiger partial charge on any atom is 0.344 e. The van der Waals surface area contributed by atoms with Crippen LogP contribution in [-0.2, 0) is 14.3 Å². The van der Waals surface area contributed by atoms with E-state index >= 15 is 0 Å². The first-order valence-corrected chi connectivity index (χ1v) is 7.83. The zero-order valence-corrected chi connectivity index (χ0v) is 14.5. The summed E-state index contributed by atoms with van der Waals surface area (Å²) in [5, 5.41) is 3.01. The summed E-state index contributed by atoms with van der Waals surface area (Å²) < 4.78 is 22.9. The molecule has 1 amide bonds. The third-order valence-corrected chi connectivity index (χ3v) is 3.51. The highest BCUT2D eigenvalue weighted by atomic mass is 35.5. The molecule has 0 aliphatic heterocycles. The summed E-state index contributed by atoms with van der Waals surface area (Å²) in [6.45, 7) is 2.80. The van der Waals surface area contributed by atoms with Crippen LogP contribution in [-0.4, -0.2) is 25.1 Å². The molecule has 0 bridgehead atoms. The first-order chi connectivity index (χ1) is 11.8. The smallest absolute Gasteiger partial charge is 0.344 e. The van der Waals surface area contributed by atoms with Gasteiger partial charge in [-0.15, -0.1) is 0 Å². The van der Waals surface area contributed by atoms with Gasteiger partial charge in [0.25, 0.3) is 5.91 Å². The number of aryl methyl sites for hydroxylation is 2. The van der Waals surface area contributed by atoms with Crippen molar-refractivity contribution < 1.29 is 23.5 Å². The lowest BCUT2D eigenvalue weighted by atomic mass is 10.1. The number of esters is 1. The van der Waals surface area contributed by atoms with Crippen molar-refractivity contribution in [2.24, 2.45) is 0 Å². The first-order valence-electron chi connectivity index (χ1n) is 7.45. The van der Waals surface area contributed by atoms with Crippen molar-refractivity contribution >= 4 is 29.2 Å². The Balaban J connectivity index is 1.81. The van der Waals surface area contributed by atoms with Crippen molar-refractivity contribution in [3.05, 3.63) is 58.4 Å². The second-order valence-corrected chi connectivity index (χ2v) is 5.80. The lowest BCUT2D eigenvalue weighted by Gasteiger charge is -2.12. The molecule has 2 aromatic rings. The number of amides is 1. The zero-order chi connectivity index (χ0) is 18.4. The molecule has 132 valence electrons. The number of hydrogen-bond acceptors (Lipinski definition) is 4. The van der Waals surface area contributed by atoms with Gasteiger partial charge in [-0.05, 0) is 43.2 Å². The van der Waals surface area contributed by atoms with Crippen molar-refractivity contribution in [3.63, 3.8) is 0 Å². The number of benzene rings is 2. The minimum atomic E-state index is -0.744. The molecule has 0 unspecified atom stereocenters. The molecule has 0 radical (unpaired) electrons. The number of ether oxygens (including phenoxy) is 2. The molecule has 0 spiro atoms. The number of carbonyl (C=O) groups is 2. The number of nitrogens with one attached hydrogen (secondary N) is 1. The molecule has 0 aromatic heterocycles. The van der Waals surface area contributed by atoms with Crippen LogP contribution in [0.2, 0.25) is 5.02 Å². The van der Waals surface area contributed by atoms with Crippen LogP contribution < -0.4 is 10.1 Å². The minimum absolute atomic E-state index is 0.198. The summed E-state index contributed by atoms with van der Waals surface area (Å²) in [6.07, 6.45) is 0. The van der Waals surface area contributed by atoms with E-state index in [2.05, 4.69) is 5.32 Å². The monoisotopic (exact) mass is 365 g/mol. The van der Waals surface area contributed by atoms with Gasteiger partial charge in [-0.1, -0.05) is 23.7 Å². The molecular formula is C18H17ClFNO4. The number of rotatable bonds is 6. The van der Waals surface area contributed by atoms with Crippen LogP contribution in [0.1, 0.15) is 11.1 Å². The summed E-state index contributed by atoms with van der Waals surface area (Å²) in [5.41, 5.74) is 2.25. The second-order valence-electron chi connectivity index (χ2n) is 5.39. The Kier molecular flexibility index (Phi) is 6.36. The normalized spacial score (nSPS) is 10.2. The Bertz CT molecular complexity index is 771. The fraction of sp³-hybridized carbons (Fsp3) is 0.222. The van der Waals surface area contributed by atoms with Crippen molar-refractivity contribution in [2.75, 3.05) is 18.5 Å². The number of carbonyl (C=O) groups excluding carboxylic acids is 2. The molecule has 0 aliphatic carbocycles. The molecule has 2 rings (SSSR count). The molecule has 0 saturated carbocycles. The number of anilines is 1. The van der Waals surface area contributed by atoms with E-state index in [1.807, 2.05) is 19.9 Å². The highest BCUT2D eigenvalue weighted by Gasteiger charge is 2.12. The summed E-state index contributed by atoms with van der Waals surface area (Å²) >= 11 is 6.10. The average Bonchev–Trinajstić information content (AvgIpc) is 2.54. The van der Waals surface area contributed by atoms with E-state index in [1.165, 1.54) is 18.2 Å². The fourth-order valence-electron chi connectivity index (χ4n) is 2.14. The molecule has 2 aromatic carbocycles. The van der Waals surface area contributed by atoms with Crippen LogP contribution in [0.3, 0.4) is 0 Å². The number of halogens is 2. The first kappa shape index (κ1) is 18.7. The van der Waals surface area contributed by atoms with E-state index in [1.54, 1.807) is 6.07 Å². The SMILES string of the molecule is Cc1cc(C)c(NC(=O)COC(=O)COc2cccc(F)c2)c(Cl)c1.